The van der Waals surface area contributed by atoms with Gasteiger partial charge in [-0.05, 0) is 43.0 Å². The highest BCUT2D eigenvalue weighted by atomic mass is 16.3. The first-order chi connectivity index (χ1) is 13.7. The molecule has 0 aliphatic carbocycles. The molecular weight excluding hydrogens is 352 g/mol. The van der Waals surface area contributed by atoms with Gasteiger partial charge in [0.05, 0.1) is 5.69 Å². The maximum absolute atomic E-state index is 12.1. The first-order valence-corrected chi connectivity index (χ1v) is 9.65. The van der Waals surface area contributed by atoms with Gasteiger partial charge >= 0.3 is 0 Å². The van der Waals surface area contributed by atoms with E-state index in [1.165, 1.54) is 11.6 Å². The van der Waals surface area contributed by atoms with Crippen LogP contribution in [-0.2, 0) is 6.54 Å². The molecule has 0 radical (unpaired) electrons. The topological polar surface area (TPSA) is 82.1 Å². The van der Waals surface area contributed by atoms with Crippen LogP contribution in [0.4, 0.5) is 0 Å². The van der Waals surface area contributed by atoms with Gasteiger partial charge in [-0.15, -0.1) is 0 Å². The highest BCUT2D eigenvalue weighted by molar-refractivity contribution is 5.63. The van der Waals surface area contributed by atoms with Gasteiger partial charge in [0, 0.05) is 49.3 Å². The van der Waals surface area contributed by atoms with Crippen molar-refractivity contribution in [2.75, 3.05) is 19.7 Å². The lowest BCUT2D eigenvalue weighted by Crippen LogP contribution is -2.36. The molecule has 4 rings (SSSR count). The van der Waals surface area contributed by atoms with E-state index in [-0.39, 0.29) is 12.2 Å². The van der Waals surface area contributed by atoms with Crippen molar-refractivity contribution in [3.8, 4) is 22.6 Å². The summed E-state index contributed by atoms with van der Waals surface area (Å²) in [7, 11) is 0. The average Bonchev–Trinajstić information content (AvgIpc) is 2.74. The molecular formula is C22H24N4O2. The number of hydrogen-bond donors (Lipinski definition) is 2. The van der Waals surface area contributed by atoms with Crippen LogP contribution >= 0.6 is 0 Å². The highest BCUT2D eigenvalue weighted by Gasteiger charge is 2.19. The van der Waals surface area contributed by atoms with Crippen LogP contribution in [0.3, 0.4) is 0 Å². The van der Waals surface area contributed by atoms with Gasteiger partial charge in [0.1, 0.15) is 5.82 Å². The van der Waals surface area contributed by atoms with E-state index in [9.17, 15) is 9.90 Å². The van der Waals surface area contributed by atoms with E-state index >= 15 is 0 Å². The van der Waals surface area contributed by atoms with E-state index in [0.717, 1.165) is 43.6 Å². The van der Waals surface area contributed by atoms with Crippen molar-refractivity contribution in [3.05, 3.63) is 70.8 Å². The zero-order valence-corrected chi connectivity index (χ0v) is 15.7. The molecule has 1 aliphatic rings. The predicted octanol–water partition coefficient (Wildman–Crippen LogP) is 2.70. The van der Waals surface area contributed by atoms with Gasteiger partial charge in [-0.2, -0.15) is 0 Å². The van der Waals surface area contributed by atoms with Crippen LogP contribution < -0.4 is 5.56 Å². The standard InChI is InChI=1S/C22H24N4O2/c27-15-17-2-1-11-26(14-17)13-16-3-5-19(6-4-16)22-24-20(12-21(28)25-22)18-7-9-23-10-8-18/h3-10,12,17,27H,1-2,11,13-15H2,(H,24,25,28)/t17-/m0/s1. The molecule has 0 spiro atoms. The first-order valence-electron chi connectivity index (χ1n) is 9.65. The number of pyridine rings is 1. The summed E-state index contributed by atoms with van der Waals surface area (Å²) in [5, 5.41) is 9.40. The Morgan fingerprint density at radius 3 is 2.64 bits per heavy atom. The predicted molar refractivity (Wildman–Crippen MR) is 109 cm³/mol. The Balaban J connectivity index is 1.53. The summed E-state index contributed by atoms with van der Waals surface area (Å²) in [5.41, 5.74) is 3.42. The van der Waals surface area contributed by atoms with E-state index in [1.807, 2.05) is 24.3 Å². The average molecular weight is 376 g/mol. The maximum atomic E-state index is 12.1. The summed E-state index contributed by atoms with van der Waals surface area (Å²) in [6.07, 6.45) is 5.62. The van der Waals surface area contributed by atoms with E-state index in [2.05, 4.69) is 32.0 Å². The van der Waals surface area contributed by atoms with E-state index in [0.29, 0.717) is 17.4 Å². The molecule has 2 N–H and O–H groups in total. The molecule has 28 heavy (non-hydrogen) atoms. The number of H-pyrrole nitrogens is 1. The minimum absolute atomic E-state index is 0.177. The molecule has 3 aromatic rings. The van der Waals surface area contributed by atoms with Gasteiger partial charge < -0.3 is 10.1 Å². The smallest absolute Gasteiger partial charge is 0.251 e. The molecule has 1 aromatic carbocycles. The van der Waals surface area contributed by atoms with Crippen LogP contribution in [0.5, 0.6) is 0 Å². The Kier molecular flexibility index (Phi) is 5.60. The number of nitrogens with zero attached hydrogens (tertiary/aromatic N) is 3. The van der Waals surface area contributed by atoms with Crippen LogP contribution in [0.1, 0.15) is 18.4 Å². The Labute approximate surface area is 163 Å². The van der Waals surface area contributed by atoms with Crippen molar-refractivity contribution in [3.63, 3.8) is 0 Å². The van der Waals surface area contributed by atoms with Crippen molar-refractivity contribution in [2.45, 2.75) is 19.4 Å². The molecule has 0 unspecified atom stereocenters. The zero-order chi connectivity index (χ0) is 19.3. The summed E-state index contributed by atoms with van der Waals surface area (Å²) in [6, 6.07) is 13.3. The van der Waals surface area contributed by atoms with E-state index in [1.54, 1.807) is 12.4 Å². The SMILES string of the molecule is O=c1cc(-c2ccncc2)nc(-c2ccc(CN3CCC[C@H](CO)C3)cc2)[nH]1. The van der Waals surface area contributed by atoms with Gasteiger partial charge in [0.2, 0.25) is 0 Å². The van der Waals surface area contributed by atoms with Gasteiger partial charge in [0.25, 0.3) is 5.56 Å². The fraction of sp³-hybridized carbons (Fsp3) is 0.318. The number of benzene rings is 1. The molecule has 144 valence electrons. The monoisotopic (exact) mass is 376 g/mol. The third kappa shape index (κ3) is 4.35. The number of rotatable bonds is 5. The summed E-state index contributed by atoms with van der Waals surface area (Å²) in [5.74, 6) is 0.947. The number of aromatic nitrogens is 3. The fourth-order valence-corrected chi connectivity index (χ4v) is 3.74. The third-order valence-electron chi connectivity index (χ3n) is 5.21. The summed E-state index contributed by atoms with van der Waals surface area (Å²) >= 11 is 0. The second kappa shape index (κ2) is 8.46. The number of aromatic amines is 1. The minimum atomic E-state index is -0.177. The number of aliphatic hydroxyl groups is 1. The molecule has 6 heteroatoms. The molecule has 0 amide bonds. The second-order valence-electron chi connectivity index (χ2n) is 7.34. The quantitative estimate of drug-likeness (QED) is 0.715. The van der Waals surface area contributed by atoms with Crippen molar-refractivity contribution in [2.24, 2.45) is 5.92 Å². The molecule has 0 bridgehead atoms. The van der Waals surface area contributed by atoms with Gasteiger partial charge in [-0.25, -0.2) is 4.98 Å². The van der Waals surface area contributed by atoms with Gasteiger partial charge in [-0.1, -0.05) is 24.3 Å². The zero-order valence-electron chi connectivity index (χ0n) is 15.7. The van der Waals surface area contributed by atoms with Crippen LogP contribution in [0, 0.1) is 5.92 Å². The molecule has 1 aliphatic heterocycles. The van der Waals surface area contributed by atoms with Crippen LogP contribution in [-0.4, -0.2) is 44.7 Å². The minimum Gasteiger partial charge on any atom is -0.396 e. The van der Waals surface area contributed by atoms with Crippen molar-refractivity contribution >= 4 is 0 Å². The summed E-state index contributed by atoms with van der Waals surface area (Å²) in [4.78, 5) is 26.0. The maximum Gasteiger partial charge on any atom is 0.251 e. The number of hydrogen-bond acceptors (Lipinski definition) is 5. The van der Waals surface area contributed by atoms with Crippen LogP contribution in [0.25, 0.3) is 22.6 Å². The lowest BCUT2D eigenvalue weighted by molar-refractivity contribution is 0.116. The molecule has 1 fully saturated rings. The van der Waals surface area contributed by atoms with Gasteiger partial charge in [0.15, 0.2) is 0 Å². The van der Waals surface area contributed by atoms with Gasteiger partial charge in [-0.3, -0.25) is 14.7 Å². The Morgan fingerprint density at radius 1 is 1.11 bits per heavy atom. The number of piperidine rings is 1. The lowest BCUT2D eigenvalue weighted by Gasteiger charge is -2.31. The number of likely N-dealkylation sites (tertiary alicyclic amines) is 1. The number of nitrogens with one attached hydrogen (secondary N) is 1. The van der Waals surface area contributed by atoms with Crippen LogP contribution in [0.15, 0.2) is 59.7 Å². The largest absolute Gasteiger partial charge is 0.396 e. The fourth-order valence-electron chi connectivity index (χ4n) is 3.74. The van der Waals surface area contributed by atoms with Crippen molar-refractivity contribution in [1.82, 2.24) is 19.9 Å². The molecule has 2 aromatic heterocycles. The van der Waals surface area contributed by atoms with Crippen LogP contribution in [0.2, 0.25) is 0 Å². The molecule has 1 atom stereocenters. The van der Waals surface area contributed by atoms with Crippen molar-refractivity contribution in [1.29, 1.82) is 0 Å². The van der Waals surface area contributed by atoms with E-state index in [4.69, 9.17) is 0 Å². The molecule has 6 nitrogen and oxygen atoms in total. The first kappa shape index (κ1) is 18.5. The summed E-state index contributed by atoms with van der Waals surface area (Å²) < 4.78 is 0. The third-order valence-corrected chi connectivity index (χ3v) is 5.21. The Morgan fingerprint density at radius 2 is 1.89 bits per heavy atom. The van der Waals surface area contributed by atoms with E-state index < -0.39 is 0 Å². The Bertz CT molecular complexity index is 970. The van der Waals surface area contributed by atoms with Crippen molar-refractivity contribution < 1.29 is 5.11 Å². The normalized spacial score (nSPS) is 17.5. The Hall–Kier alpha value is -2.83. The second-order valence-corrected chi connectivity index (χ2v) is 7.34. The number of aliphatic hydroxyl groups excluding tert-OH is 1. The molecule has 3 heterocycles. The molecule has 1 saturated heterocycles. The lowest BCUT2D eigenvalue weighted by atomic mass is 9.98. The summed E-state index contributed by atoms with van der Waals surface area (Å²) in [6.45, 7) is 3.16. The highest BCUT2D eigenvalue weighted by Crippen LogP contribution is 2.21. The molecule has 0 saturated carbocycles.